The minimum absolute atomic E-state index is 0.0991. The Kier molecular flexibility index (Phi) is 2.91. The Morgan fingerprint density at radius 1 is 0.957 bits per heavy atom. The Bertz CT molecular complexity index is 1050. The number of benzene rings is 3. The average Bonchev–Trinajstić information content (AvgIpc) is 2.92. The fraction of sp³-hybridized carbons (Fsp3) is 0.0526. The Morgan fingerprint density at radius 3 is 2.48 bits per heavy atom. The number of nitro groups is 1. The smallest absolute Gasteiger partial charge is 0.271 e. The van der Waals surface area contributed by atoms with E-state index in [4.69, 9.17) is 0 Å². The molecule has 0 aliphatic rings. The lowest BCUT2D eigenvalue weighted by Gasteiger charge is -2.05. The predicted molar refractivity (Wildman–Crippen MR) is 92.6 cm³/mol. The number of aromatic nitrogens is 1. The maximum absolute atomic E-state index is 11.0. The highest BCUT2D eigenvalue weighted by Gasteiger charge is 2.13. The van der Waals surface area contributed by atoms with Gasteiger partial charge in [0.1, 0.15) is 0 Å². The summed E-state index contributed by atoms with van der Waals surface area (Å²) in [5, 5.41) is 13.1. The minimum Gasteiger partial charge on any atom is -0.354 e. The van der Waals surface area contributed by atoms with Crippen LogP contribution in [0.5, 0.6) is 0 Å². The van der Waals surface area contributed by atoms with Crippen LogP contribution in [0, 0.1) is 17.0 Å². The van der Waals surface area contributed by atoms with Crippen molar-refractivity contribution in [2.24, 2.45) is 0 Å². The number of rotatable bonds is 2. The van der Waals surface area contributed by atoms with Crippen molar-refractivity contribution in [2.45, 2.75) is 6.92 Å². The van der Waals surface area contributed by atoms with Gasteiger partial charge in [0.25, 0.3) is 5.69 Å². The molecule has 1 aromatic heterocycles. The molecule has 0 aliphatic heterocycles. The van der Waals surface area contributed by atoms with Gasteiger partial charge in [-0.2, -0.15) is 0 Å². The molecule has 23 heavy (non-hydrogen) atoms. The zero-order valence-electron chi connectivity index (χ0n) is 12.5. The van der Waals surface area contributed by atoms with Crippen molar-refractivity contribution in [1.29, 1.82) is 0 Å². The zero-order valence-corrected chi connectivity index (χ0v) is 12.5. The van der Waals surface area contributed by atoms with Gasteiger partial charge in [0, 0.05) is 28.5 Å². The van der Waals surface area contributed by atoms with Gasteiger partial charge in [-0.25, -0.2) is 0 Å². The van der Waals surface area contributed by atoms with Gasteiger partial charge in [-0.05, 0) is 36.2 Å². The predicted octanol–water partition coefficient (Wildman–Crippen LogP) is 5.20. The molecule has 0 fully saturated rings. The first-order chi connectivity index (χ1) is 11.1. The van der Waals surface area contributed by atoms with E-state index in [9.17, 15) is 10.1 Å². The molecule has 0 aliphatic carbocycles. The van der Waals surface area contributed by atoms with Crippen LogP contribution in [-0.2, 0) is 0 Å². The van der Waals surface area contributed by atoms with E-state index in [1.807, 2.05) is 24.3 Å². The van der Waals surface area contributed by atoms with Gasteiger partial charge in [-0.1, -0.05) is 30.3 Å². The molecule has 1 N–H and O–H groups in total. The molecule has 0 saturated carbocycles. The fourth-order valence-corrected chi connectivity index (χ4v) is 3.10. The summed E-state index contributed by atoms with van der Waals surface area (Å²) in [6, 6.07) is 19.4. The number of fused-ring (bicyclic) bond motifs is 3. The second-order valence-electron chi connectivity index (χ2n) is 5.71. The summed E-state index contributed by atoms with van der Waals surface area (Å²) in [7, 11) is 0. The van der Waals surface area contributed by atoms with Crippen LogP contribution < -0.4 is 0 Å². The maximum Gasteiger partial charge on any atom is 0.271 e. The molecular formula is C19H14N2O2. The van der Waals surface area contributed by atoms with E-state index in [0.29, 0.717) is 0 Å². The Hall–Kier alpha value is -3.14. The number of nitro benzene ring substituents is 1. The molecule has 4 heteroatoms. The number of aromatic amines is 1. The molecule has 112 valence electrons. The lowest BCUT2D eigenvalue weighted by atomic mass is 9.99. The molecule has 1 heterocycles. The second kappa shape index (κ2) is 4.95. The van der Waals surface area contributed by atoms with E-state index in [1.54, 1.807) is 12.1 Å². The lowest BCUT2D eigenvalue weighted by molar-refractivity contribution is -0.384. The van der Waals surface area contributed by atoms with Crippen LogP contribution in [0.15, 0.2) is 60.7 Å². The largest absolute Gasteiger partial charge is 0.354 e. The molecule has 0 amide bonds. The first-order valence-corrected chi connectivity index (χ1v) is 7.39. The summed E-state index contributed by atoms with van der Waals surface area (Å²) < 4.78 is 0. The van der Waals surface area contributed by atoms with Crippen LogP contribution in [0.2, 0.25) is 0 Å². The first kappa shape index (κ1) is 13.5. The third-order valence-corrected chi connectivity index (χ3v) is 4.13. The third-order valence-electron chi connectivity index (χ3n) is 4.13. The Balaban J connectivity index is 2.08. The van der Waals surface area contributed by atoms with Crippen molar-refractivity contribution < 1.29 is 4.92 Å². The number of H-pyrrole nitrogens is 1. The van der Waals surface area contributed by atoms with Crippen molar-refractivity contribution in [3.05, 3.63) is 76.3 Å². The maximum atomic E-state index is 11.0. The molecule has 4 aromatic rings. The third kappa shape index (κ3) is 2.16. The highest BCUT2D eigenvalue weighted by molar-refractivity contribution is 6.12. The number of hydrogen-bond acceptors (Lipinski definition) is 2. The molecule has 0 unspecified atom stereocenters. The van der Waals surface area contributed by atoms with Gasteiger partial charge in [0.05, 0.1) is 16.0 Å². The summed E-state index contributed by atoms with van der Waals surface area (Å²) in [6.45, 7) is 2.07. The van der Waals surface area contributed by atoms with Gasteiger partial charge < -0.3 is 4.98 Å². The van der Waals surface area contributed by atoms with Crippen LogP contribution in [0.3, 0.4) is 0 Å². The summed E-state index contributed by atoms with van der Waals surface area (Å²) in [5.74, 6) is 0. The molecular weight excluding hydrogens is 288 g/mol. The Morgan fingerprint density at radius 2 is 1.74 bits per heavy atom. The quantitative estimate of drug-likeness (QED) is 0.408. The van der Waals surface area contributed by atoms with Crippen LogP contribution in [0.1, 0.15) is 5.56 Å². The topological polar surface area (TPSA) is 58.9 Å². The molecule has 0 saturated heterocycles. The monoisotopic (exact) mass is 302 g/mol. The summed E-state index contributed by atoms with van der Waals surface area (Å²) in [6.07, 6.45) is 0. The number of aryl methyl sites for hydroxylation is 1. The van der Waals surface area contributed by atoms with Gasteiger partial charge >= 0.3 is 0 Å². The van der Waals surface area contributed by atoms with Crippen molar-refractivity contribution in [3.63, 3.8) is 0 Å². The van der Waals surface area contributed by atoms with Gasteiger partial charge in [-0.15, -0.1) is 0 Å². The van der Waals surface area contributed by atoms with Crippen molar-refractivity contribution in [1.82, 2.24) is 4.98 Å². The fourth-order valence-electron chi connectivity index (χ4n) is 3.10. The number of hydrogen-bond donors (Lipinski definition) is 1. The summed E-state index contributed by atoms with van der Waals surface area (Å²) in [4.78, 5) is 14.0. The molecule has 0 spiro atoms. The molecule has 0 bridgehead atoms. The number of nitrogens with zero attached hydrogens (tertiary/aromatic N) is 1. The Labute approximate surface area is 132 Å². The van der Waals surface area contributed by atoms with Gasteiger partial charge in [0.15, 0.2) is 0 Å². The summed E-state index contributed by atoms with van der Waals surface area (Å²) >= 11 is 0. The molecule has 0 radical (unpaired) electrons. The van der Waals surface area contributed by atoms with Crippen LogP contribution in [-0.4, -0.2) is 9.91 Å². The van der Waals surface area contributed by atoms with Crippen LogP contribution in [0.4, 0.5) is 5.69 Å². The number of nitrogens with one attached hydrogen (secondary N) is 1. The highest BCUT2D eigenvalue weighted by Crippen LogP contribution is 2.35. The first-order valence-electron chi connectivity index (χ1n) is 7.39. The lowest BCUT2D eigenvalue weighted by Crippen LogP contribution is -1.86. The van der Waals surface area contributed by atoms with Crippen LogP contribution >= 0.6 is 0 Å². The standard InChI is InChI=1S/C19H14N2O2/c1-12-9-16(13-5-3-2-4-6-13)19-17(10-12)15-8-7-14(21(22)23)11-18(15)20-19/h2-11,20H,1H3. The molecule has 3 aromatic carbocycles. The van der Waals surface area contributed by atoms with E-state index in [2.05, 4.69) is 36.2 Å². The van der Waals surface area contributed by atoms with Gasteiger partial charge in [0.2, 0.25) is 0 Å². The van der Waals surface area contributed by atoms with Gasteiger partial charge in [-0.3, -0.25) is 10.1 Å². The van der Waals surface area contributed by atoms with Crippen molar-refractivity contribution in [2.75, 3.05) is 0 Å². The van der Waals surface area contributed by atoms with Crippen molar-refractivity contribution in [3.8, 4) is 11.1 Å². The second-order valence-corrected chi connectivity index (χ2v) is 5.71. The molecule has 0 atom stereocenters. The minimum atomic E-state index is -0.367. The zero-order chi connectivity index (χ0) is 16.0. The molecule has 4 nitrogen and oxygen atoms in total. The van der Waals surface area contributed by atoms with Crippen molar-refractivity contribution >= 4 is 27.5 Å². The number of non-ortho nitro benzene ring substituents is 1. The van der Waals surface area contributed by atoms with Crippen LogP contribution in [0.25, 0.3) is 32.9 Å². The van der Waals surface area contributed by atoms with E-state index in [-0.39, 0.29) is 10.6 Å². The highest BCUT2D eigenvalue weighted by atomic mass is 16.6. The SMILES string of the molecule is Cc1cc(-c2ccccc2)c2[nH]c3cc([N+](=O)[O-])ccc3c2c1. The normalized spacial score (nSPS) is 11.2. The van der Waals surface area contributed by atoms with E-state index >= 15 is 0 Å². The average molecular weight is 302 g/mol. The van der Waals surface area contributed by atoms with E-state index in [1.165, 1.54) is 0 Å². The van der Waals surface area contributed by atoms with E-state index in [0.717, 1.165) is 38.5 Å². The summed E-state index contributed by atoms with van der Waals surface area (Å²) in [5.41, 5.74) is 5.30. The van der Waals surface area contributed by atoms with E-state index < -0.39 is 0 Å². The molecule has 4 rings (SSSR count).